The molecule has 17 heavy (non-hydrogen) atoms. The first-order chi connectivity index (χ1) is 8.11. The Morgan fingerprint density at radius 2 is 2.35 bits per heavy atom. The summed E-state index contributed by atoms with van der Waals surface area (Å²) >= 11 is 1.57. The summed E-state index contributed by atoms with van der Waals surface area (Å²) in [6.07, 6.45) is 2.73. The van der Waals surface area contributed by atoms with Crippen molar-refractivity contribution in [3.8, 4) is 0 Å². The fraction of sp³-hybridized carbons (Fsp3) is 0.636. The van der Waals surface area contributed by atoms with Gasteiger partial charge in [-0.1, -0.05) is 6.92 Å². The Hall–Kier alpha value is -1.14. The molecule has 0 aliphatic carbocycles. The van der Waals surface area contributed by atoms with E-state index in [0.29, 0.717) is 25.9 Å². The lowest BCUT2D eigenvalue weighted by Gasteiger charge is -2.09. The first kappa shape index (κ1) is 13.9. The molecule has 96 valence electrons. The predicted octanol–water partition coefficient (Wildman–Crippen LogP) is 1.41. The lowest BCUT2D eigenvalue weighted by atomic mass is 10.2. The third-order valence-electron chi connectivity index (χ3n) is 2.33. The zero-order chi connectivity index (χ0) is 12.7. The van der Waals surface area contributed by atoms with Gasteiger partial charge in [-0.25, -0.2) is 9.78 Å². The number of aliphatic hydroxyl groups is 1. The summed E-state index contributed by atoms with van der Waals surface area (Å²) in [5.74, 6) is 0. The molecular formula is C11H19N3O2S. The van der Waals surface area contributed by atoms with Crippen LogP contribution >= 0.6 is 11.3 Å². The Kier molecular flexibility index (Phi) is 5.93. The van der Waals surface area contributed by atoms with Crippen molar-refractivity contribution in [1.82, 2.24) is 15.6 Å². The van der Waals surface area contributed by atoms with Crippen molar-refractivity contribution in [1.29, 1.82) is 0 Å². The van der Waals surface area contributed by atoms with Crippen molar-refractivity contribution in [2.75, 3.05) is 6.54 Å². The topological polar surface area (TPSA) is 74.2 Å². The third kappa shape index (κ3) is 5.65. The van der Waals surface area contributed by atoms with Gasteiger partial charge in [-0.3, -0.25) is 0 Å². The van der Waals surface area contributed by atoms with Crippen molar-refractivity contribution in [2.24, 2.45) is 0 Å². The molecule has 1 aromatic rings. The van der Waals surface area contributed by atoms with Crippen LogP contribution in [0.1, 0.15) is 29.7 Å². The Morgan fingerprint density at radius 1 is 1.59 bits per heavy atom. The SMILES string of the molecule is CCC(O)CCNC(=O)NCc1cnc(C)s1. The lowest BCUT2D eigenvalue weighted by Crippen LogP contribution is -2.36. The molecule has 0 aromatic carbocycles. The molecule has 0 saturated heterocycles. The van der Waals surface area contributed by atoms with Crippen LogP contribution < -0.4 is 10.6 Å². The van der Waals surface area contributed by atoms with Gasteiger partial charge >= 0.3 is 6.03 Å². The molecule has 0 aliphatic rings. The van der Waals surface area contributed by atoms with E-state index < -0.39 is 0 Å². The molecule has 1 atom stereocenters. The Bertz CT molecular complexity index is 354. The van der Waals surface area contributed by atoms with E-state index in [1.54, 1.807) is 17.5 Å². The zero-order valence-electron chi connectivity index (χ0n) is 10.2. The summed E-state index contributed by atoms with van der Waals surface area (Å²) in [7, 11) is 0. The molecule has 0 radical (unpaired) electrons. The monoisotopic (exact) mass is 257 g/mol. The van der Waals surface area contributed by atoms with E-state index in [0.717, 1.165) is 9.88 Å². The van der Waals surface area contributed by atoms with Gasteiger partial charge in [-0.2, -0.15) is 0 Å². The fourth-order valence-corrected chi connectivity index (χ4v) is 2.01. The maximum Gasteiger partial charge on any atom is 0.315 e. The molecule has 6 heteroatoms. The fourth-order valence-electron chi connectivity index (χ4n) is 1.27. The molecule has 0 aliphatic heterocycles. The van der Waals surface area contributed by atoms with Crippen molar-refractivity contribution >= 4 is 17.4 Å². The van der Waals surface area contributed by atoms with Crippen LogP contribution in [0.4, 0.5) is 4.79 Å². The summed E-state index contributed by atoms with van der Waals surface area (Å²) in [6.45, 7) is 4.83. The number of hydrogen-bond donors (Lipinski definition) is 3. The van der Waals surface area contributed by atoms with Crippen LogP contribution in [0.3, 0.4) is 0 Å². The van der Waals surface area contributed by atoms with Gasteiger partial charge in [0.25, 0.3) is 0 Å². The third-order valence-corrected chi connectivity index (χ3v) is 3.24. The molecule has 1 heterocycles. The Morgan fingerprint density at radius 3 is 2.94 bits per heavy atom. The number of aryl methyl sites for hydroxylation is 1. The van der Waals surface area contributed by atoms with Gasteiger partial charge in [-0.15, -0.1) is 11.3 Å². The number of urea groups is 1. The minimum atomic E-state index is -0.334. The first-order valence-electron chi connectivity index (χ1n) is 5.73. The van der Waals surface area contributed by atoms with Crippen LogP contribution in [0, 0.1) is 6.92 Å². The lowest BCUT2D eigenvalue weighted by molar-refractivity contribution is 0.160. The smallest absolute Gasteiger partial charge is 0.315 e. The number of rotatable bonds is 6. The minimum Gasteiger partial charge on any atom is -0.393 e. The van der Waals surface area contributed by atoms with E-state index in [2.05, 4.69) is 15.6 Å². The van der Waals surface area contributed by atoms with Gasteiger partial charge < -0.3 is 15.7 Å². The molecule has 3 N–H and O–H groups in total. The minimum absolute atomic E-state index is 0.209. The van der Waals surface area contributed by atoms with Crippen molar-refractivity contribution in [3.05, 3.63) is 16.1 Å². The number of carbonyl (C=O) groups is 1. The average Bonchev–Trinajstić information content (AvgIpc) is 2.72. The summed E-state index contributed by atoms with van der Waals surface area (Å²) in [4.78, 5) is 16.5. The van der Waals surface area contributed by atoms with Gasteiger partial charge in [0.15, 0.2) is 0 Å². The first-order valence-corrected chi connectivity index (χ1v) is 6.54. The number of nitrogens with one attached hydrogen (secondary N) is 2. The molecule has 2 amide bonds. The number of thiazole rings is 1. The van der Waals surface area contributed by atoms with Crippen LogP contribution in [0.15, 0.2) is 6.20 Å². The number of aliphatic hydroxyl groups excluding tert-OH is 1. The van der Waals surface area contributed by atoms with E-state index in [9.17, 15) is 9.90 Å². The normalized spacial score (nSPS) is 12.2. The second-order valence-electron chi connectivity index (χ2n) is 3.81. The molecular weight excluding hydrogens is 238 g/mol. The second-order valence-corrected chi connectivity index (χ2v) is 5.13. The van der Waals surface area contributed by atoms with Gasteiger partial charge in [0, 0.05) is 17.6 Å². The van der Waals surface area contributed by atoms with E-state index >= 15 is 0 Å². The number of nitrogens with zero attached hydrogens (tertiary/aromatic N) is 1. The van der Waals surface area contributed by atoms with E-state index in [1.807, 2.05) is 13.8 Å². The Balaban J connectivity index is 2.13. The van der Waals surface area contributed by atoms with Crippen molar-refractivity contribution in [3.63, 3.8) is 0 Å². The summed E-state index contributed by atoms with van der Waals surface area (Å²) < 4.78 is 0. The molecule has 5 nitrogen and oxygen atoms in total. The highest BCUT2D eigenvalue weighted by atomic mass is 32.1. The number of hydrogen-bond acceptors (Lipinski definition) is 4. The standard InChI is InChI=1S/C11H19N3O2S/c1-3-9(15)4-5-12-11(16)14-7-10-6-13-8(2)17-10/h6,9,15H,3-5,7H2,1-2H3,(H2,12,14,16). The molecule has 0 fully saturated rings. The van der Waals surface area contributed by atoms with Crippen molar-refractivity contribution < 1.29 is 9.90 Å². The molecule has 1 rings (SSSR count). The average molecular weight is 257 g/mol. The van der Waals surface area contributed by atoms with Crippen LogP contribution in [0.25, 0.3) is 0 Å². The quantitative estimate of drug-likeness (QED) is 0.721. The van der Waals surface area contributed by atoms with Crippen molar-refractivity contribution in [2.45, 2.75) is 39.3 Å². The number of carbonyl (C=O) groups excluding carboxylic acids is 1. The van der Waals surface area contributed by atoms with Gasteiger partial charge in [0.1, 0.15) is 0 Å². The highest BCUT2D eigenvalue weighted by Crippen LogP contribution is 2.10. The van der Waals surface area contributed by atoms with Gasteiger partial charge in [0.05, 0.1) is 17.7 Å². The largest absolute Gasteiger partial charge is 0.393 e. The molecule has 0 saturated carbocycles. The molecule has 1 unspecified atom stereocenters. The van der Waals surface area contributed by atoms with Crippen LogP contribution in [-0.2, 0) is 6.54 Å². The molecule has 1 aromatic heterocycles. The second kappa shape index (κ2) is 7.24. The number of aromatic nitrogens is 1. The maximum absolute atomic E-state index is 11.4. The van der Waals surface area contributed by atoms with Crippen LogP contribution in [0.2, 0.25) is 0 Å². The zero-order valence-corrected chi connectivity index (χ0v) is 11.0. The number of amides is 2. The predicted molar refractivity (Wildman–Crippen MR) is 68.0 cm³/mol. The van der Waals surface area contributed by atoms with Gasteiger partial charge in [-0.05, 0) is 19.8 Å². The highest BCUT2D eigenvalue weighted by molar-refractivity contribution is 7.11. The highest BCUT2D eigenvalue weighted by Gasteiger charge is 2.04. The molecule has 0 spiro atoms. The van der Waals surface area contributed by atoms with Crippen LogP contribution in [-0.4, -0.2) is 28.8 Å². The summed E-state index contributed by atoms with van der Waals surface area (Å²) in [5, 5.41) is 15.7. The Labute approximate surface area is 105 Å². The summed E-state index contributed by atoms with van der Waals surface area (Å²) in [6, 6.07) is -0.209. The van der Waals surface area contributed by atoms with E-state index in [1.165, 1.54) is 0 Å². The van der Waals surface area contributed by atoms with E-state index in [-0.39, 0.29) is 12.1 Å². The molecule has 0 bridgehead atoms. The maximum atomic E-state index is 11.4. The summed E-state index contributed by atoms with van der Waals surface area (Å²) in [5.41, 5.74) is 0. The van der Waals surface area contributed by atoms with E-state index in [4.69, 9.17) is 0 Å². The van der Waals surface area contributed by atoms with Gasteiger partial charge in [0.2, 0.25) is 0 Å². The van der Waals surface area contributed by atoms with Crippen LogP contribution in [0.5, 0.6) is 0 Å².